The lowest BCUT2D eigenvalue weighted by Crippen LogP contribution is -2.14. The van der Waals surface area contributed by atoms with Crippen molar-refractivity contribution >= 4 is 53.1 Å². The van der Waals surface area contributed by atoms with Crippen LogP contribution in [0.3, 0.4) is 0 Å². The Hall–Kier alpha value is -6.02. The van der Waals surface area contributed by atoms with Gasteiger partial charge in [0.1, 0.15) is 0 Å². The molecular formula is C51H36S. The molecule has 0 amide bonds. The molecule has 0 unspecified atom stereocenters. The van der Waals surface area contributed by atoms with Crippen LogP contribution in [0.5, 0.6) is 0 Å². The summed E-state index contributed by atoms with van der Waals surface area (Å²) in [5.41, 5.74) is 12.7. The molecule has 1 aliphatic carbocycles. The first-order valence-corrected chi connectivity index (χ1v) is 18.9. The highest BCUT2D eigenvalue weighted by atomic mass is 32.1. The second-order valence-electron chi connectivity index (χ2n) is 14.5. The van der Waals surface area contributed by atoms with Crippen molar-refractivity contribution in [3.63, 3.8) is 0 Å². The molecule has 0 saturated heterocycles. The summed E-state index contributed by atoms with van der Waals surface area (Å²) in [7, 11) is 0. The van der Waals surface area contributed by atoms with E-state index in [0.717, 1.165) is 0 Å². The van der Waals surface area contributed by atoms with Gasteiger partial charge >= 0.3 is 0 Å². The van der Waals surface area contributed by atoms with Gasteiger partial charge in [-0.3, -0.25) is 0 Å². The minimum atomic E-state index is -0.0711. The van der Waals surface area contributed by atoms with Crippen LogP contribution in [0.1, 0.15) is 25.0 Å². The standard InChI is InChI=1S/C51H36S/c1-51(2)47-27-26-36(28-44(47)45-29-38-32-50-46(30-37(38)31-48(45)51)43-20-12-13-21-49(43)52-50)33-22-24-35(25-23-33)40-17-9-4-3-8-16-39(34-14-6-5-7-15-34)41-18-10-11-19-42(40)41/h3-32H,1-2H3. The van der Waals surface area contributed by atoms with Gasteiger partial charge in [-0.05, 0) is 114 Å². The number of benzene rings is 7. The zero-order valence-corrected chi connectivity index (χ0v) is 30.0. The summed E-state index contributed by atoms with van der Waals surface area (Å²) in [5.74, 6) is 0. The summed E-state index contributed by atoms with van der Waals surface area (Å²) < 4.78 is 2.71. The van der Waals surface area contributed by atoms with Gasteiger partial charge in [0, 0.05) is 25.6 Å². The van der Waals surface area contributed by atoms with Crippen molar-refractivity contribution in [2.24, 2.45) is 0 Å². The number of thiophene rings is 1. The lowest BCUT2D eigenvalue weighted by Gasteiger charge is -2.22. The lowest BCUT2D eigenvalue weighted by molar-refractivity contribution is 0.661. The summed E-state index contributed by atoms with van der Waals surface area (Å²) in [6.07, 6.45) is 0. The largest absolute Gasteiger partial charge is 0.135 e. The van der Waals surface area contributed by atoms with Crippen molar-refractivity contribution in [2.75, 3.05) is 0 Å². The minimum Gasteiger partial charge on any atom is -0.135 e. The van der Waals surface area contributed by atoms with Gasteiger partial charge in [0.05, 0.1) is 0 Å². The topological polar surface area (TPSA) is 0 Å². The summed E-state index contributed by atoms with van der Waals surface area (Å²) in [6, 6.07) is 67.2. The molecule has 8 aromatic carbocycles. The fourth-order valence-corrected chi connectivity index (χ4v) is 9.56. The minimum absolute atomic E-state index is 0.0711. The molecule has 0 radical (unpaired) electrons. The average molecular weight is 681 g/mol. The normalized spacial score (nSPS) is 13.0. The van der Waals surface area contributed by atoms with Gasteiger partial charge in [-0.15, -0.1) is 11.3 Å². The molecule has 52 heavy (non-hydrogen) atoms. The first kappa shape index (κ1) is 30.8. The van der Waals surface area contributed by atoms with Crippen molar-refractivity contribution < 1.29 is 0 Å². The van der Waals surface area contributed by atoms with E-state index in [2.05, 4.69) is 196 Å². The van der Waals surface area contributed by atoms with E-state index in [0.29, 0.717) is 0 Å². The Bertz CT molecular complexity index is 2910. The maximum Gasteiger partial charge on any atom is 0.0361 e. The summed E-state index contributed by atoms with van der Waals surface area (Å²) in [4.78, 5) is 0. The maximum atomic E-state index is 2.46. The molecule has 1 aliphatic rings. The van der Waals surface area contributed by atoms with E-state index in [1.54, 1.807) is 0 Å². The molecule has 0 nitrogen and oxygen atoms in total. The van der Waals surface area contributed by atoms with E-state index < -0.39 is 0 Å². The third-order valence-corrected chi connectivity index (χ3v) is 12.2. The summed E-state index contributed by atoms with van der Waals surface area (Å²) >= 11 is 1.89. The third kappa shape index (κ3) is 4.96. The highest BCUT2D eigenvalue weighted by Gasteiger charge is 2.36. The molecular weight excluding hydrogens is 645 g/mol. The molecule has 10 rings (SSSR count). The molecule has 1 aromatic heterocycles. The predicted molar refractivity (Wildman–Crippen MR) is 226 cm³/mol. The Morgan fingerprint density at radius 3 is 1.60 bits per heavy atom. The van der Waals surface area contributed by atoms with Gasteiger partial charge in [0.2, 0.25) is 0 Å². The van der Waals surface area contributed by atoms with Crippen LogP contribution in [0.25, 0.3) is 86.2 Å². The first-order chi connectivity index (χ1) is 25.5. The van der Waals surface area contributed by atoms with Gasteiger partial charge in [-0.25, -0.2) is 0 Å². The van der Waals surface area contributed by atoms with Crippen LogP contribution in [0, 0.1) is 0 Å². The van der Waals surface area contributed by atoms with Crippen LogP contribution in [-0.2, 0) is 5.41 Å². The zero-order chi connectivity index (χ0) is 34.8. The lowest BCUT2D eigenvalue weighted by atomic mass is 9.81. The summed E-state index contributed by atoms with van der Waals surface area (Å²) in [5, 5.41) is 7.79. The Morgan fingerprint density at radius 2 is 0.865 bits per heavy atom. The molecule has 0 fully saturated rings. The van der Waals surface area contributed by atoms with E-state index in [-0.39, 0.29) is 5.41 Å². The Balaban J connectivity index is 1.08. The van der Waals surface area contributed by atoms with Crippen LogP contribution in [0.4, 0.5) is 0 Å². The predicted octanol–water partition coefficient (Wildman–Crippen LogP) is 14.8. The van der Waals surface area contributed by atoms with Crippen LogP contribution < -0.4 is 0 Å². The highest BCUT2D eigenvalue weighted by molar-refractivity contribution is 7.25. The van der Waals surface area contributed by atoms with Gasteiger partial charge in [-0.1, -0.05) is 159 Å². The molecule has 0 N–H and O–H groups in total. The van der Waals surface area contributed by atoms with Gasteiger partial charge in [-0.2, -0.15) is 0 Å². The van der Waals surface area contributed by atoms with Gasteiger partial charge in [0.25, 0.3) is 0 Å². The molecule has 0 saturated carbocycles. The zero-order valence-electron chi connectivity index (χ0n) is 29.2. The smallest absolute Gasteiger partial charge is 0.0361 e. The fourth-order valence-electron chi connectivity index (χ4n) is 8.42. The second-order valence-corrected chi connectivity index (χ2v) is 15.6. The fraction of sp³-hybridized carbons (Fsp3) is 0.0588. The number of rotatable bonds is 3. The van der Waals surface area contributed by atoms with Crippen molar-refractivity contribution in [2.45, 2.75) is 19.3 Å². The van der Waals surface area contributed by atoms with E-state index >= 15 is 0 Å². The van der Waals surface area contributed by atoms with Crippen molar-refractivity contribution in [1.29, 1.82) is 0 Å². The molecule has 246 valence electrons. The van der Waals surface area contributed by atoms with E-state index in [1.807, 2.05) is 11.3 Å². The van der Waals surface area contributed by atoms with E-state index in [1.165, 1.54) is 97.4 Å². The van der Waals surface area contributed by atoms with Crippen LogP contribution in [0.15, 0.2) is 182 Å². The maximum absolute atomic E-state index is 2.46. The van der Waals surface area contributed by atoms with Gasteiger partial charge < -0.3 is 0 Å². The van der Waals surface area contributed by atoms with E-state index in [9.17, 15) is 0 Å². The molecule has 1 heteroatoms. The molecule has 0 spiro atoms. The Morgan fingerprint density at radius 1 is 0.327 bits per heavy atom. The monoisotopic (exact) mass is 680 g/mol. The SMILES string of the molecule is CC1(C)c2ccc(-c3ccc(-c4ccccccc(-c5ccccc5)c5ccccc45)cc3)cc2-c2cc3cc4sc5ccccc5c4cc3cc21. The second kappa shape index (κ2) is 12.0. The average Bonchev–Trinajstić information content (AvgIpc) is 3.65. The molecule has 0 atom stereocenters. The number of hydrogen-bond donors (Lipinski definition) is 0. The van der Waals surface area contributed by atoms with Crippen molar-refractivity contribution in [1.82, 2.24) is 0 Å². The quantitative estimate of drug-likeness (QED) is 0.174. The van der Waals surface area contributed by atoms with Crippen LogP contribution in [-0.4, -0.2) is 0 Å². The highest BCUT2D eigenvalue weighted by Crippen LogP contribution is 2.51. The van der Waals surface area contributed by atoms with E-state index in [4.69, 9.17) is 0 Å². The van der Waals surface area contributed by atoms with Gasteiger partial charge in [0.15, 0.2) is 0 Å². The Labute approximate surface area is 308 Å². The van der Waals surface area contributed by atoms with Crippen molar-refractivity contribution in [3.8, 4) is 44.5 Å². The molecule has 1 heterocycles. The molecule has 0 bridgehead atoms. The molecule has 0 aliphatic heterocycles. The van der Waals surface area contributed by atoms with Crippen LogP contribution in [0.2, 0.25) is 0 Å². The number of hydrogen-bond acceptors (Lipinski definition) is 1. The summed E-state index contributed by atoms with van der Waals surface area (Å²) in [6.45, 7) is 4.76. The van der Waals surface area contributed by atoms with Crippen molar-refractivity contribution in [3.05, 3.63) is 193 Å². The van der Waals surface area contributed by atoms with Crippen LogP contribution >= 0.6 is 11.3 Å². The Kier molecular flexibility index (Phi) is 7.13. The third-order valence-electron chi connectivity index (χ3n) is 11.1. The first-order valence-electron chi connectivity index (χ1n) is 18.1. The molecule has 9 aromatic rings. The number of fused-ring (bicyclic) bond motifs is 8.